The van der Waals surface area contributed by atoms with Crippen LogP contribution < -0.4 is 20.5 Å². The standard InChI is InChI=1S/C33H47N5O5/c1-6-38(25-7-13-42-14-8-25)31-19-28(43-27-16-26(17-27)37-11-9-36(10-12-37)24(5)39)18-29(23(31)4)32(40)34-20-30-21(2)15-22(3)35-33(30)41/h15,18-19,25-27H,6-14,16-17,20H2,1-5H3,(H,34,40)(H,35,41). The Kier molecular flexibility index (Phi) is 9.76. The van der Waals surface area contributed by atoms with E-state index in [1.165, 1.54) is 0 Å². The van der Waals surface area contributed by atoms with Crippen molar-refractivity contribution < 1.29 is 19.1 Å². The Bertz CT molecular complexity index is 1370. The van der Waals surface area contributed by atoms with Crippen LogP contribution >= 0.6 is 0 Å². The number of rotatable bonds is 9. The van der Waals surface area contributed by atoms with Crippen molar-refractivity contribution >= 4 is 17.5 Å². The molecule has 1 aliphatic carbocycles. The quantitative estimate of drug-likeness (QED) is 0.460. The lowest BCUT2D eigenvalue weighted by molar-refractivity contribution is -0.131. The van der Waals surface area contributed by atoms with Gasteiger partial charge in [-0.2, -0.15) is 0 Å². The molecule has 2 amide bonds. The van der Waals surface area contributed by atoms with Crippen LogP contribution in [-0.4, -0.2) is 90.7 Å². The average Bonchev–Trinajstić information content (AvgIpc) is 2.96. The van der Waals surface area contributed by atoms with Crippen molar-refractivity contribution in [1.29, 1.82) is 0 Å². The highest BCUT2D eigenvalue weighted by atomic mass is 16.5. The molecule has 5 rings (SSSR count). The Morgan fingerprint density at radius 1 is 1.07 bits per heavy atom. The van der Waals surface area contributed by atoms with E-state index in [2.05, 4.69) is 33.1 Å². The number of carbonyl (C=O) groups excluding carboxylic acids is 2. The number of aromatic amines is 1. The Labute approximate surface area is 254 Å². The summed E-state index contributed by atoms with van der Waals surface area (Å²) in [5, 5.41) is 3.00. The molecule has 3 fully saturated rings. The molecule has 2 N–H and O–H groups in total. The summed E-state index contributed by atoms with van der Waals surface area (Å²) >= 11 is 0. The molecule has 2 aromatic rings. The first kappa shape index (κ1) is 31.1. The van der Waals surface area contributed by atoms with E-state index in [1.54, 1.807) is 6.92 Å². The zero-order valence-electron chi connectivity index (χ0n) is 26.3. The number of aryl methyl sites for hydroxylation is 2. The van der Waals surface area contributed by atoms with E-state index in [9.17, 15) is 14.4 Å². The number of H-pyrrole nitrogens is 1. The van der Waals surface area contributed by atoms with Gasteiger partial charge >= 0.3 is 0 Å². The van der Waals surface area contributed by atoms with E-state index in [0.717, 1.165) is 94.1 Å². The second-order valence-corrected chi connectivity index (χ2v) is 12.3. The lowest BCUT2D eigenvalue weighted by Crippen LogP contribution is -2.56. The summed E-state index contributed by atoms with van der Waals surface area (Å²) < 4.78 is 12.2. The van der Waals surface area contributed by atoms with Gasteiger partial charge in [-0.05, 0) is 63.8 Å². The maximum absolute atomic E-state index is 13.7. The fourth-order valence-corrected chi connectivity index (χ4v) is 6.79. The largest absolute Gasteiger partial charge is 0.490 e. The third-order valence-electron chi connectivity index (χ3n) is 9.45. The summed E-state index contributed by atoms with van der Waals surface area (Å²) in [5.74, 6) is 0.624. The molecule has 1 aromatic carbocycles. The van der Waals surface area contributed by atoms with Gasteiger partial charge in [0.15, 0.2) is 0 Å². The highest BCUT2D eigenvalue weighted by Gasteiger charge is 2.37. The number of benzene rings is 1. The van der Waals surface area contributed by atoms with E-state index < -0.39 is 0 Å². The third-order valence-corrected chi connectivity index (χ3v) is 9.45. The lowest BCUT2D eigenvalue weighted by Gasteiger charge is -2.46. The summed E-state index contributed by atoms with van der Waals surface area (Å²) in [6, 6.07) is 6.66. The zero-order valence-corrected chi connectivity index (χ0v) is 26.3. The van der Waals surface area contributed by atoms with Gasteiger partial charge in [-0.15, -0.1) is 0 Å². The maximum Gasteiger partial charge on any atom is 0.253 e. The van der Waals surface area contributed by atoms with Gasteiger partial charge in [0.25, 0.3) is 11.5 Å². The van der Waals surface area contributed by atoms with Crippen LogP contribution in [0.25, 0.3) is 0 Å². The van der Waals surface area contributed by atoms with Crippen LogP contribution in [0.4, 0.5) is 5.69 Å². The first-order valence-corrected chi connectivity index (χ1v) is 15.8. The van der Waals surface area contributed by atoms with Gasteiger partial charge < -0.3 is 29.6 Å². The number of pyridine rings is 1. The molecule has 3 aliphatic rings. The van der Waals surface area contributed by atoms with Gasteiger partial charge in [-0.3, -0.25) is 19.3 Å². The second kappa shape index (κ2) is 13.5. The van der Waals surface area contributed by atoms with Gasteiger partial charge in [0.2, 0.25) is 5.91 Å². The molecule has 3 heterocycles. The summed E-state index contributed by atoms with van der Waals surface area (Å²) in [6.07, 6.45) is 3.82. The topological polar surface area (TPSA) is 107 Å². The van der Waals surface area contributed by atoms with Gasteiger partial charge in [-0.1, -0.05) is 0 Å². The molecule has 0 spiro atoms. The monoisotopic (exact) mass is 593 g/mol. The van der Waals surface area contributed by atoms with Crippen LogP contribution in [-0.2, 0) is 16.1 Å². The van der Waals surface area contributed by atoms with E-state index in [0.29, 0.717) is 29.0 Å². The van der Waals surface area contributed by atoms with Crippen molar-refractivity contribution in [1.82, 2.24) is 20.1 Å². The smallest absolute Gasteiger partial charge is 0.253 e. The second-order valence-electron chi connectivity index (χ2n) is 12.3. The SMILES string of the molecule is CCN(c1cc(OC2CC(N3CCN(C(C)=O)CC3)C2)cc(C(=O)NCc2c(C)cc(C)[nH]c2=O)c1C)C1CCOCC1. The summed E-state index contributed by atoms with van der Waals surface area (Å²) in [7, 11) is 0. The number of aromatic nitrogens is 1. The molecule has 2 saturated heterocycles. The lowest BCUT2D eigenvalue weighted by atomic mass is 9.87. The van der Waals surface area contributed by atoms with Gasteiger partial charge in [0.1, 0.15) is 11.9 Å². The molecule has 1 aromatic heterocycles. The molecule has 0 unspecified atom stereocenters. The number of nitrogens with one attached hydrogen (secondary N) is 2. The molecule has 43 heavy (non-hydrogen) atoms. The minimum absolute atomic E-state index is 0.0780. The Hall–Kier alpha value is -3.37. The number of hydrogen-bond donors (Lipinski definition) is 2. The maximum atomic E-state index is 13.7. The Morgan fingerprint density at radius 2 is 1.77 bits per heavy atom. The molecular formula is C33H47N5O5. The Morgan fingerprint density at radius 3 is 2.40 bits per heavy atom. The van der Waals surface area contributed by atoms with Crippen LogP contribution in [0.5, 0.6) is 5.75 Å². The molecule has 2 aliphatic heterocycles. The van der Waals surface area contributed by atoms with Gasteiger partial charge in [-0.25, -0.2) is 0 Å². The van der Waals surface area contributed by atoms with Gasteiger partial charge in [0.05, 0.1) is 0 Å². The van der Waals surface area contributed by atoms with Crippen molar-refractivity contribution in [2.75, 3.05) is 50.8 Å². The highest BCUT2D eigenvalue weighted by molar-refractivity contribution is 5.97. The Balaban J connectivity index is 1.33. The van der Waals surface area contributed by atoms with Crippen molar-refractivity contribution in [2.45, 2.75) is 85.0 Å². The molecule has 0 radical (unpaired) electrons. The minimum atomic E-state index is -0.221. The van der Waals surface area contributed by atoms with E-state index in [4.69, 9.17) is 9.47 Å². The van der Waals surface area contributed by atoms with Crippen LogP contribution in [0.3, 0.4) is 0 Å². The average molecular weight is 594 g/mol. The molecule has 0 atom stereocenters. The van der Waals surface area contributed by atoms with Crippen LogP contribution in [0.1, 0.15) is 72.3 Å². The molecular weight excluding hydrogens is 546 g/mol. The highest BCUT2D eigenvalue weighted by Crippen LogP contribution is 2.36. The molecule has 234 valence electrons. The predicted molar refractivity (Wildman–Crippen MR) is 167 cm³/mol. The number of anilines is 1. The van der Waals surface area contributed by atoms with Gasteiger partial charge in [0, 0.05) is 113 Å². The van der Waals surface area contributed by atoms with E-state index in [1.807, 2.05) is 37.8 Å². The van der Waals surface area contributed by atoms with Crippen molar-refractivity contribution in [3.05, 3.63) is 56.5 Å². The normalized spacial score (nSPS) is 21.3. The molecule has 10 nitrogen and oxygen atoms in total. The number of carbonyl (C=O) groups is 2. The minimum Gasteiger partial charge on any atom is -0.490 e. The number of piperazine rings is 1. The van der Waals surface area contributed by atoms with E-state index >= 15 is 0 Å². The molecule has 1 saturated carbocycles. The zero-order chi connectivity index (χ0) is 30.7. The molecule has 10 heteroatoms. The van der Waals surface area contributed by atoms with Crippen LogP contribution in [0.2, 0.25) is 0 Å². The number of hydrogen-bond acceptors (Lipinski definition) is 7. The summed E-state index contributed by atoms with van der Waals surface area (Å²) in [5.41, 5.74) is 4.52. The first-order valence-electron chi connectivity index (χ1n) is 15.8. The van der Waals surface area contributed by atoms with Crippen LogP contribution in [0.15, 0.2) is 23.0 Å². The predicted octanol–water partition coefficient (Wildman–Crippen LogP) is 3.31. The number of amides is 2. The summed E-state index contributed by atoms with van der Waals surface area (Å²) in [4.78, 5) is 47.5. The van der Waals surface area contributed by atoms with Crippen LogP contribution in [0, 0.1) is 20.8 Å². The summed E-state index contributed by atoms with van der Waals surface area (Å²) in [6.45, 7) is 15.3. The third kappa shape index (κ3) is 7.07. The van der Waals surface area contributed by atoms with Crippen molar-refractivity contribution in [3.8, 4) is 5.75 Å². The number of ether oxygens (including phenoxy) is 2. The number of nitrogens with zero attached hydrogens (tertiary/aromatic N) is 3. The van der Waals surface area contributed by atoms with E-state index in [-0.39, 0.29) is 30.0 Å². The first-order chi connectivity index (χ1) is 20.6. The van der Waals surface area contributed by atoms with Crippen molar-refractivity contribution in [3.63, 3.8) is 0 Å². The van der Waals surface area contributed by atoms with Crippen molar-refractivity contribution in [2.24, 2.45) is 0 Å². The molecule has 0 bridgehead atoms. The fraction of sp³-hybridized carbons (Fsp3) is 0.606. The fourth-order valence-electron chi connectivity index (χ4n) is 6.79.